The summed E-state index contributed by atoms with van der Waals surface area (Å²) in [5, 5.41) is 7.59. The molecule has 2 aliphatic rings. The van der Waals surface area contributed by atoms with Crippen LogP contribution >= 0.6 is 11.3 Å². The molecule has 5 nitrogen and oxygen atoms in total. The minimum atomic E-state index is -0.310. The molecule has 2 saturated heterocycles. The highest BCUT2D eigenvalue weighted by Crippen LogP contribution is 2.30. The number of hydrogen-bond acceptors (Lipinski definition) is 5. The fourth-order valence-electron chi connectivity index (χ4n) is 3.79. The predicted molar refractivity (Wildman–Crippen MR) is 98.2 cm³/mol. The predicted octanol–water partition coefficient (Wildman–Crippen LogP) is 3.09. The number of rotatable bonds is 4. The minimum Gasteiger partial charge on any atom is -0.459 e. The highest BCUT2D eigenvalue weighted by molar-refractivity contribution is 7.20. The number of benzene rings is 1. The van der Waals surface area contributed by atoms with Crippen molar-refractivity contribution in [2.75, 3.05) is 0 Å². The van der Waals surface area contributed by atoms with Crippen molar-refractivity contribution < 1.29 is 14.3 Å². The summed E-state index contributed by atoms with van der Waals surface area (Å²) in [4.78, 5) is 25.2. The van der Waals surface area contributed by atoms with Crippen molar-refractivity contribution in [3.05, 3.63) is 34.7 Å². The maximum Gasteiger partial charge on any atom is 0.348 e. The molecule has 132 valence electrons. The molecule has 0 saturated carbocycles. The smallest absolute Gasteiger partial charge is 0.348 e. The van der Waals surface area contributed by atoms with Crippen LogP contribution in [0.1, 0.15) is 53.1 Å². The maximum absolute atomic E-state index is 12.6. The molecule has 4 rings (SSSR count). The van der Waals surface area contributed by atoms with E-state index in [9.17, 15) is 9.59 Å². The van der Waals surface area contributed by atoms with Gasteiger partial charge in [-0.2, -0.15) is 0 Å². The Balaban J connectivity index is 1.50. The Morgan fingerprint density at radius 2 is 2.12 bits per heavy atom. The summed E-state index contributed by atoms with van der Waals surface area (Å²) in [6.07, 6.45) is 3.23. The zero-order valence-corrected chi connectivity index (χ0v) is 15.2. The maximum atomic E-state index is 12.6. The van der Waals surface area contributed by atoms with Gasteiger partial charge in [0.25, 0.3) is 5.91 Å². The Bertz CT molecular complexity index is 829. The lowest BCUT2D eigenvalue weighted by molar-refractivity contribution is 0.0384. The molecule has 0 radical (unpaired) electrons. The van der Waals surface area contributed by atoms with Gasteiger partial charge in [-0.15, -0.1) is 11.3 Å². The lowest BCUT2D eigenvalue weighted by Gasteiger charge is -2.21. The average molecular weight is 358 g/mol. The van der Waals surface area contributed by atoms with Crippen LogP contribution in [0.3, 0.4) is 0 Å². The zero-order chi connectivity index (χ0) is 17.6. The number of nitrogens with one attached hydrogen (secondary N) is 2. The van der Waals surface area contributed by atoms with Gasteiger partial charge in [0.15, 0.2) is 0 Å². The van der Waals surface area contributed by atoms with Gasteiger partial charge in [-0.05, 0) is 62.8 Å². The quantitative estimate of drug-likeness (QED) is 0.824. The molecule has 1 aromatic carbocycles. The van der Waals surface area contributed by atoms with E-state index in [-0.39, 0.29) is 24.0 Å². The van der Waals surface area contributed by atoms with E-state index in [0.29, 0.717) is 22.5 Å². The highest BCUT2D eigenvalue weighted by atomic mass is 32.1. The molecule has 0 spiro atoms. The molecule has 0 aliphatic carbocycles. The van der Waals surface area contributed by atoms with Crippen molar-refractivity contribution in [1.29, 1.82) is 0 Å². The van der Waals surface area contributed by atoms with E-state index in [1.54, 1.807) is 6.07 Å². The Kier molecular flexibility index (Phi) is 4.25. The number of hydrogen-bond donors (Lipinski definition) is 2. The zero-order valence-electron chi connectivity index (χ0n) is 14.4. The van der Waals surface area contributed by atoms with E-state index >= 15 is 0 Å². The third-order valence-corrected chi connectivity index (χ3v) is 6.04. The van der Waals surface area contributed by atoms with Gasteiger partial charge in [0.1, 0.15) is 4.88 Å². The molecule has 1 aromatic heterocycles. The molecule has 2 fully saturated rings. The normalized spacial score (nSPS) is 24.8. The summed E-state index contributed by atoms with van der Waals surface area (Å²) < 4.78 is 6.23. The number of ether oxygens (including phenoxy) is 1. The van der Waals surface area contributed by atoms with Gasteiger partial charge in [-0.3, -0.25) is 4.79 Å². The van der Waals surface area contributed by atoms with Crippen LogP contribution in [-0.4, -0.2) is 36.1 Å². The van der Waals surface area contributed by atoms with E-state index in [0.717, 1.165) is 22.9 Å². The Hall–Kier alpha value is -1.92. The molecule has 2 aliphatic heterocycles. The number of carbonyl (C=O) groups excluding carboxylic acids is 2. The van der Waals surface area contributed by atoms with Gasteiger partial charge >= 0.3 is 5.97 Å². The second-order valence-electron chi connectivity index (χ2n) is 7.18. The summed E-state index contributed by atoms with van der Waals surface area (Å²) in [7, 11) is 0. The summed E-state index contributed by atoms with van der Waals surface area (Å²) in [6, 6.07) is 8.59. The molecule has 25 heavy (non-hydrogen) atoms. The fourth-order valence-corrected chi connectivity index (χ4v) is 4.72. The van der Waals surface area contributed by atoms with Crippen LogP contribution in [0.4, 0.5) is 0 Å². The van der Waals surface area contributed by atoms with Gasteiger partial charge in [-0.1, -0.05) is 0 Å². The largest absolute Gasteiger partial charge is 0.459 e. The van der Waals surface area contributed by atoms with Crippen molar-refractivity contribution in [2.24, 2.45) is 0 Å². The number of fused-ring (bicyclic) bond motifs is 3. The first-order valence-electron chi connectivity index (χ1n) is 8.81. The third kappa shape index (κ3) is 3.28. The van der Waals surface area contributed by atoms with E-state index in [1.807, 2.05) is 32.0 Å². The lowest BCUT2D eigenvalue weighted by atomic mass is 9.95. The summed E-state index contributed by atoms with van der Waals surface area (Å²) in [5.74, 6) is -0.353. The van der Waals surface area contributed by atoms with E-state index in [4.69, 9.17) is 4.74 Å². The lowest BCUT2D eigenvalue weighted by Crippen LogP contribution is -2.42. The van der Waals surface area contributed by atoms with Crippen LogP contribution in [0.15, 0.2) is 24.3 Å². The van der Waals surface area contributed by atoms with Gasteiger partial charge in [0, 0.05) is 28.4 Å². The van der Waals surface area contributed by atoms with Crippen LogP contribution < -0.4 is 10.6 Å². The molecular formula is C19H22N2O3S. The molecule has 2 N–H and O–H groups in total. The molecule has 3 atom stereocenters. The molecule has 6 heteroatoms. The molecule has 0 unspecified atom stereocenters. The summed E-state index contributed by atoms with van der Waals surface area (Å²) >= 11 is 1.39. The second kappa shape index (κ2) is 6.42. The first kappa shape index (κ1) is 16.5. The SMILES string of the molecule is CC(C)OC(=O)c1cc2cc(C(=O)N[C@@H]3C[C@H]4CC[C@@H]3N4)ccc2s1. The number of esters is 1. The molecule has 2 aromatic rings. The standard InChI is InChI=1S/C19H22N2O3S/c1-10(2)24-19(23)17-8-12-7-11(3-6-16(12)25-17)18(22)21-15-9-13-4-5-14(15)20-13/h3,6-8,10,13-15,20H,4-5,9H2,1-2H3,(H,21,22)/t13-,14+,15-/m1/s1. The second-order valence-corrected chi connectivity index (χ2v) is 8.26. The van der Waals surface area contributed by atoms with E-state index < -0.39 is 0 Å². The van der Waals surface area contributed by atoms with Crippen molar-refractivity contribution in [3.8, 4) is 0 Å². The Morgan fingerprint density at radius 1 is 1.28 bits per heavy atom. The molecular weight excluding hydrogens is 336 g/mol. The van der Waals surface area contributed by atoms with Crippen molar-refractivity contribution in [1.82, 2.24) is 10.6 Å². The third-order valence-electron chi connectivity index (χ3n) is 4.94. The van der Waals surface area contributed by atoms with Crippen LogP contribution in [0.25, 0.3) is 10.1 Å². The van der Waals surface area contributed by atoms with Crippen molar-refractivity contribution >= 4 is 33.3 Å². The number of amides is 1. The van der Waals surface area contributed by atoms with E-state index in [1.165, 1.54) is 17.8 Å². The van der Waals surface area contributed by atoms with Gasteiger partial charge < -0.3 is 15.4 Å². The summed E-state index contributed by atoms with van der Waals surface area (Å²) in [6.45, 7) is 3.66. The number of thiophene rings is 1. The molecule has 1 amide bonds. The topological polar surface area (TPSA) is 67.4 Å². The number of carbonyl (C=O) groups is 2. The monoisotopic (exact) mass is 358 g/mol. The molecule has 3 heterocycles. The summed E-state index contributed by atoms with van der Waals surface area (Å²) in [5.41, 5.74) is 0.636. The van der Waals surface area contributed by atoms with Crippen LogP contribution in [0.5, 0.6) is 0 Å². The van der Waals surface area contributed by atoms with Gasteiger partial charge in [0.05, 0.1) is 6.10 Å². The van der Waals surface area contributed by atoms with E-state index in [2.05, 4.69) is 10.6 Å². The van der Waals surface area contributed by atoms with Crippen LogP contribution in [-0.2, 0) is 4.74 Å². The molecule has 2 bridgehead atoms. The van der Waals surface area contributed by atoms with Crippen LogP contribution in [0.2, 0.25) is 0 Å². The van der Waals surface area contributed by atoms with Crippen LogP contribution in [0, 0.1) is 0 Å². The fraction of sp³-hybridized carbons (Fsp3) is 0.474. The first-order chi connectivity index (χ1) is 12.0. The minimum absolute atomic E-state index is 0.0428. The Labute approximate surface area is 150 Å². The van der Waals surface area contributed by atoms with Gasteiger partial charge in [-0.25, -0.2) is 4.79 Å². The average Bonchev–Trinajstić information content (AvgIpc) is 3.28. The Morgan fingerprint density at radius 3 is 2.80 bits per heavy atom. The highest BCUT2D eigenvalue weighted by Gasteiger charge is 2.39. The first-order valence-corrected chi connectivity index (χ1v) is 9.63. The van der Waals surface area contributed by atoms with Gasteiger partial charge in [0.2, 0.25) is 0 Å². The van der Waals surface area contributed by atoms with Crippen molar-refractivity contribution in [3.63, 3.8) is 0 Å². The van der Waals surface area contributed by atoms with Crippen molar-refractivity contribution in [2.45, 2.75) is 57.3 Å².